The molecule has 2 aromatic rings. The highest BCUT2D eigenvalue weighted by molar-refractivity contribution is 5.56. The molecule has 2 aliphatic carbocycles. The number of piperidine rings is 1. The summed E-state index contributed by atoms with van der Waals surface area (Å²) >= 11 is 0. The van der Waals surface area contributed by atoms with Gasteiger partial charge in [-0.05, 0) is 82.6 Å². The predicted molar refractivity (Wildman–Crippen MR) is 125 cm³/mol. The van der Waals surface area contributed by atoms with Crippen LogP contribution in [0.25, 0.3) is 0 Å². The molecule has 1 aromatic heterocycles. The molecule has 5 rings (SSSR count). The van der Waals surface area contributed by atoms with Gasteiger partial charge in [-0.25, -0.2) is 4.39 Å². The maximum Gasteiger partial charge on any atom is 0.323 e. The highest BCUT2D eigenvalue weighted by Crippen LogP contribution is 2.45. The summed E-state index contributed by atoms with van der Waals surface area (Å²) < 4.78 is 25.5. The molecule has 3 unspecified atom stereocenters. The first-order valence-electron chi connectivity index (χ1n) is 11.9. The van der Waals surface area contributed by atoms with Crippen LogP contribution >= 0.6 is 0 Å². The van der Waals surface area contributed by atoms with Gasteiger partial charge in [-0.2, -0.15) is 15.0 Å². The number of nitrogens with one attached hydrogen (secondary N) is 1. The van der Waals surface area contributed by atoms with E-state index in [4.69, 9.17) is 14.5 Å². The van der Waals surface area contributed by atoms with Crippen molar-refractivity contribution in [2.45, 2.75) is 50.7 Å². The van der Waals surface area contributed by atoms with Gasteiger partial charge in [0.05, 0.1) is 7.11 Å². The molecule has 0 amide bonds. The minimum atomic E-state index is -0.446. The molecule has 0 spiro atoms. The second kappa shape index (κ2) is 9.29. The Hall–Kier alpha value is -2.68. The summed E-state index contributed by atoms with van der Waals surface area (Å²) in [7, 11) is 5.63. The van der Waals surface area contributed by atoms with Crippen molar-refractivity contribution in [3.05, 3.63) is 24.0 Å². The smallest absolute Gasteiger partial charge is 0.323 e. The first-order chi connectivity index (χ1) is 16.0. The summed E-state index contributed by atoms with van der Waals surface area (Å²) in [4.78, 5) is 18.4. The summed E-state index contributed by atoms with van der Waals surface area (Å²) in [5.74, 6) is 2.03. The molecule has 2 bridgehead atoms. The van der Waals surface area contributed by atoms with Gasteiger partial charge >= 0.3 is 6.01 Å². The summed E-state index contributed by atoms with van der Waals surface area (Å²) in [6.07, 6.45) is 7.11. The Bertz CT molecular complexity index is 983. The number of anilines is 3. The standard InChI is InChI=1S/C24H33FN6O2/c1-30-10-8-18(9-11-30)31(2)23-27-22(26-17-6-7-20(32-3)19(25)14-17)28-24(29-23)33-21-13-15-4-5-16(21)12-15/h6-7,14-16,18,21H,4-5,8-13H2,1-3H3,(H,26,27,28,29). The van der Waals surface area contributed by atoms with Crippen molar-refractivity contribution in [3.8, 4) is 11.8 Å². The summed E-state index contributed by atoms with van der Waals surface area (Å²) in [6, 6.07) is 5.39. The second-order valence-electron chi connectivity index (χ2n) is 9.69. The topological polar surface area (TPSA) is 75.6 Å². The van der Waals surface area contributed by atoms with Gasteiger partial charge in [0.15, 0.2) is 11.6 Å². The molecule has 9 heteroatoms. The third-order valence-corrected chi connectivity index (χ3v) is 7.49. The Morgan fingerprint density at radius 2 is 1.91 bits per heavy atom. The number of benzene rings is 1. The summed E-state index contributed by atoms with van der Waals surface area (Å²) in [5.41, 5.74) is 0.540. The van der Waals surface area contributed by atoms with Gasteiger partial charge in [-0.1, -0.05) is 0 Å². The Morgan fingerprint density at radius 3 is 2.58 bits per heavy atom. The third kappa shape index (κ3) is 4.83. The molecule has 1 aliphatic heterocycles. The number of ether oxygens (including phenoxy) is 2. The van der Waals surface area contributed by atoms with E-state index in [1.54, 1.807) is 12.1 Å². The monoisotopic (exact) mass is 456 g/mol. The maximum atomic E-state index is 14.2. The molecule has 3 fully saturated rings. The van der Waals surface area contributed by atoms with Crippen LogP contribution in [-0.4, -0.2) is 66.3 Å². The van der Waals surface area contributed by atoms with E-state index in [-0.39, 0.29) is 11.9 Å². The number of methoxy groups -OCH3 is 1. The number of hydrogen-bond donors (Lipinski definition) is 1. The molecular formula is C24H33FN6O2. The Kier molecular flexibility index (Phi) is 6.23. The first kappa shape index (κ1) is 22.1. The van der Waals surface area contributed by atoms with E-state index < -0.39 is 5.82 Å². The Balaban J connectivity index is 1.40. The summed E-state index contributed by atoms with van der Waals surface area (Å²) in [6.45, 7) is 2.09. The fourth-order valence-corrected chi connectivity index (χ4v) is 5.50. The van der Waals surface area contributed by atoms with E-state index in [1.807, 2.05) is 7.05 Å². The van der Waals surface area contributed by atoms with Crippen LogP contribution in [0.3, 0.4) is 0 Å². The van der Waals surface area contributed by atoms with E-state index in [1.165, 1.54) is 32.4 Å². The number of likely N-dealkylation sites (tertiary alicyclic amines) is 1. The van der Waals surface area contributed by atoms with Crippen LogP contribution < -0.4 is 19.7 Å². The van der Waals surface area contributed by atoms with Crippen molar-refractivity contribution in [3.63, 3.8) is 0 Å². The van der Waals surface area contributed by atoms with Crippen molar-refractivity contribution in [2.75, 3.05) is 44.5 Å². The van der Waals surface area contributed by atoms with Gasteiger partial charge in [0, 0.05) is 24.8 Å². The van der Waals surface area contributed by atoms with E-state index in [9.17, 15) is 4.39 Å². The maximum absolute atomic E-state index is 14.2. The number of aromatic nitrogens is 3. The lowest BCUT2D eigenvalue weighted by molar-refractivity contribution is 0.126. The molecule has 1 aromatic carbocycles. The SMILES string of the molecule is COc1ccc(Nc2nc(OC3CC4CCC3C4)nc(N(C)C3CCN(C)CC3)n2)cc1F. The predicted octanol–water partition coefficient (Wildman–Crippen LogP) is 3.86. The average Bonchev–Trinajstić information content (AvgIpc) is 3.42. The zero-order chi connectivity index (χ0) is 22.9. The van der Waals surface area contributed by atoms with Gasteiger partial charge in [0.1, 0.15) is 6.10 Å². The third-order valence-electron chi connectivity index (χ3n) is 7.49. The van der Waals surface area contributed by atoms with Crippen LogP contribution in [0.2, 0.25) is 0 Å². The number of nitrogens with zero attached hydrogens (tertiary/aromatic N) is 5. The highest BCUT2D eigenvalue weighted by atomic mass is 19.1. The largest absolute Gasteiger partial charge is 0.494 e. The lowest BCUT2D eigenvalue weighted by Crippen LogP contribution is -2.42. The fourth-order valence-electron chi connectivity index (χ4n) is 5.50. The van der Waals surface area contributed by atoms with Crippen LogP contribution in [0.4, 0.5) is 22.0 Å². The average molecular weight is 457 g/mol. The molecule has 1 saturated heterocycles. The molecule has 2 heterocycles. The quantitative estimate of drug-likeness (QED) is 0.673. The molecular weight excluding hydrogens is 423 g/mol. The first-order valence-corrected chi connectivity index (χ1v) is 11.9. The van der Waals surface area contributed by atoms with Gasteiger partial charge < -0.3 is 24.6 Å². The van der Waals surface area contributed by atoms with Gasteiger partial charge in [-0.3, -0.25) is 0 Å². The van der Waals surface area contributed by atoms with Crippen molar-refractivity contribution in [1.29, 1.82) is 0 Å². The van der Waals surface area contributed by atoms with Crippen molar-refractivity contribution in [2.24, 2.45) is 11.8 Å². The van der Waals surface area contributed by atoms with E-state index >= 15 is 0 Å². The van der Waals surface area contributed by atoms with E-state index in [0.717, 1.165) is 38.3 Å². The zero-order valence-electron chi connectivity index (χ0n) is 19.6. The Labute approximate surface area is 194 Å². The molecule has 3 atom stereocenters. The van der Waals surface area contributed by atoms with Crippen molar-refractivity contribution >= 4 is 17.6 Å². The fraction of sp³-hybridized carbons (Fsp3) is 0.625. The number of hydrogen-bond acceptors (Lipinski definition) is 8. The lowest BCUT2D eigenvalue weighted by Gasteiger charge is -2.35. The number of fused-ring (bicyclic) bond motifs is 2. The van der Waals surface area contributed by atoms with Crippen LogP contribution in [0.15, 0.2) is 18.2 Å². The van der Waals surface area contributed by atoms with Crippen molar-refractivity contribution in [1.82, 2.24) is 19.9 Å². The van der Waals surface area contributed by atoms with E-state index in [2.05, 4.69) is 32.1 Å². The number of halogens is 1. The van der Waals surface area contributed by atoms with Crippen molar-refractivity contribution < 1.29 is 13.9 Å². The molecule has 33 heavy (non-hydrogen) atoms. The van der Waals surface area contributed by atoms with Crippen LogP contribution in [0.5, 0.6) is 11.8 Å². The lowest BCUT2D eigenvalue weighted by atomic mass is 9.98. The van der Waals surface area contributed by atoms with Gasteiger partial charge in [0.2, 0.25) is 11.9 Å². The van der Waals surface area contributed by atoms with Crippen LogP contribution in [0.1, 0.15) is 38.5 Å². The normalized spacial score (nSPS) is 25.3. The Morgan fingerprint density at radius 1 is 1.09 bits per heavy atom. The van der Waals surface area contributed by atoms with Gasteiger partial charge in [-0.15, -0.1) is 0 Å². The minimum Gasteiger partial charge on any atom is -0.494 e. The zero-order valence-corrected chi connectivity index (χ0v) is 19.6. The number of rotatable bonds is 7. The molecule has 8 nitrogen and oxygen atoms in total. The van der Waals surface area contributed by atoms with Crippen LogP contribution in [-0.2, 0) is 0 Å². The van der Waals surface area contributed by atoms with E-state index in [0.29, 0.717) is 35.6 Å². The molecule has 0 radical (unpaired) electrons. The second-order valence-corrected chi connectivity index (χ2v) is 9.69. The minimum absolute atomic E-state index is 0.166. The van der Waals surface area contributed by atoms with Crippen LogP contribution in [0, 0.1) is 17.7 Å². The summed E-state index contributed by atoms with van der Waals surface area (Å²) in [5, 5.41) is 3.13. The highest BCUT2D eigenvalue weighted by Gasteiger charge is 2.41. The molecule has 2 saturated carbocycles. The molecule has 1 N–H and O–H groups in total. The molecule has 178 valence electrons. The van der Waals surface area contributed by atoms with Gasteiger partial charge in [0.25, 0.3) is 0 Å². The molecule has 3 aliphatic rings.